The van der Waals surface area contributed by atoms with Gasteiger partial charge in [0.25, 0.3) is 0 Å². The number of hydrogen-bond donors (Lipinski definition) is 2. The lowest BCUT2D eigenvalue weighted by Gasteiger charge is -2.18. The van der Waals surface area contributed by atoms with E-state index in [0.717, 1.165) is 4.31 Å². The molecule has 5 nitrogen and oxygen atoms in total. The molecule has 0 saturated heterocycles. The lowest BCUT2D eigenvalue weighted by atomic mass is 10.3. The second-order valence-electron chi connectivity index (χ2n) is 4.14. The summed E-state index contributed by atoms with van der Waals surface area (Å²) in [6, 6.07) is 2.34. The van der Waals surface area contributed by atoms with Gasteiger partial charge in [-0.25, -0.2) is 4.39 Å². The number of benzene rings is 1. The predicted molar refractivity (Wildman–Crippen MR) is 80.1 cm³/mol. The number of hydrogen-bond acceptors (Lipinski definition) is 3. The number of anilines is 1. The van der Waals surface area contributed by atoms with Gasteiger partial charge in [0, 0.05) is 13.6 Å². The van der Waals surface area contributed by atoms with Crippen LogP contribution in [0, 0.1) is 5.82 Å². The normalized spacial score (nSPS) is 11.9. The molecular formula is C11H16Cl2FN3O2S. The van der Waals surface area contributed by atoms with Crippen molar-refractivity contribution in [1.29, 1.82) is 0 Å². The van der Waals surface area contributed by atoms with Gasteiger partial charge in [-0.15, -0.1) is 0 Å². The highest BCUT2D eigenvalue weighted by Gasteiger charge is 2.18. The van der Waals surface area contributed by atoms with Gasteiger partial charge in [-0.2, -0.15) is 12.7 Å². The minimum Gasteiger partial charge on any atom is -0.320 e. The number of rotatable bonds is 7. The predicted octanol–water partition coefficient (Wildman–Crippen LogP) is 2.33. The molecule has 1 aromatic rings. The van der Waals surface area contributed by atoms with Gasteiger partial charge in [0.1, 0.15) is 0 Å². The van der Waals surface area contributed by atoms with E-state index in [1.54, 1.807) is 7.05 Å². The summed E-state index contributed by atoms with van der Waals surface area (Å²) in [5.74, 6) is -0.779. The van der Waals surface area contributed by atoms with Gasteiger partial charge in [0.05, 0.1) is 15.7 Å². The molecule has 9 heteroatoms. The Balaban J connectivity index is 2.80. The maximum Gasteiger partial charge on any atom is 0.301 e. The topological polar surface area (TPSA) is 61.4 Å². The second kappa shape index (κ2) is 7.42. The van der Waals surface area contributed by atoms with Crippen LogP contribution in [-0.4, -0.2) is 39.9 Å². The average Bonchev–Trinajstić information content (AvgIpc) is 2.35. The minimum absolute atomic E-state index is 0.113. The van der Waals surface area contributed by atoms with Gasteiger partial charge < -0.3 is 5.32 Å². The second-order valence-corrected chi connectivity index (χ2v) is 6.73. The third-order valence-corrected chi connectivity index (χ3v) is 4.59. The van der Waals surface area contributed by atoms with Crippen molar-refractivity contribution in [3.8, 4) is 0 Å². The first kappa shape index (κ1) is 17.5. The summed E-state index contributed by atoms with van der Waals surface area (Å²) in [5.41, 5.74) is 0.113. The number of nitrogens with zero attached hydrogens (tertiary/aromatic N) is 1. The third-order valence-electron chi connectivity index (χ3n) is 2.54. The first-order valence-corrected chi connectivity index (χ1v) is 8.00. The van der Waals surface area contributed by atoms with Gasteiger partial charge in [-0.1, -0.05) is 23.2 Å². The molecule has 0 aliphatic heterocycles. The maximum atomic E-state index is 13.2. The Kier molecular flexibility index (Phi) is 6.47. The van der Waals surface area contributed by atoms with Crippen LogP contribution in [0.2, 0.25) is 10.0 Å². The van der Waals surface area contributed by atoms with E-state index in [9.17, 15) is 12.8 Å². The van der Waals surface area contributed by atoms with E-state index in [2.05, 4.69) is 10.0 Å². The quantitative estimate of drug-likeness (QED) is 0.590. The fourth-order valence-electron chi connectivity index (χ4n) is 1.44. The van der Waals surface area contributed by atoms with E-state index in [1.807, 2.05) is 0 Å². The molecule has 0 spiro atoms. The molecule has 0 heterocycles. The third kappa shape index (κ3) is 4.75. The van der Waals surface area contributed by atoms with E-state index in [1.165, 1.54) is 19.2 Å². The van der Waals surface area contributed by atoms with Crippen molar-refractivity contribution in [1.82, 2.24) is 9.62 Å². The first-order valence-electron chi connectivity index (χ1n) is 5.81. The molecule has 0 atom stereocenters. The number of nitrogens with one attached hydrogen (secondary N) is 2. The maximum absolute atomic E-state index is 13.2. The van der Waals surface area contributed by atoms with Gasteiger partial charge in [0.2, 0.25) is 0 Å². The van der Waals surface area contributed by atoms with E-state index in [-0.39, 0.29) is 15.7 Å². The van der Waals surface area contributed by atoms with Crippen LogP contribution in [0.4, 0.5) is 10.1 Å². The van der Waals surface area contributed by atoms with Gasteiger partial charge >= 0.3 is 10.2 Å². The van der Waals surface area contributed by atoms with E-state index in [0.29, 0.717) is 19.5 Å². The molecule has 1 aromatic carbocycles. The smallest absolute Gasteiger partial charge is 0.301 e. The van der Waals surface area contributed by atoms with Crippen molar-refractivity contribution >= 4 is 39.1 Å². The Morgan fingerprint density at radius 1 is 1.30 bits per heavy atom. The van der Waals surface area contributed by atoms with Crippen molar-refractivity contribution in [3.05, 3.63) is 28.0 Å². The SMILES string of the molecule is CNCCCN(C)S(=O)(=O)Nc1cc(Cl)c(F)c(Cl)c1. The Morgan fingerprint density at radius 3 is 2.35 bits per heavy atom. The molecule has 20 heavy (non-hydrogen) atoms. The van der Waals surface area contributed by atoms with Crippen molar-refractivity contribution in [2.45, 2.75) is 6.42 Å². The van der Waals surface area contributed by atoms with Gasteiger partial charge in [-0.05, 0) is 32.1 Å². The fourth-order valence-corrected chi connectivity index (χ4v) is 2.87. The summed E-state index contributed by atoms with van der Waals surface area (Å²) in [7, 11) is -0.488. The summed E-state index contributed by atoms with van der Waals surface area (Å²) in [6.07, 6.45) is 0.666. The van der Waals surface area contributed by atoms with Crippen molar-refractivity contribution in [3.63, 3.8) is 0 Å². The van der Waals surface area contributed by atoms with Crippen LogP contribution in [0.5, 0.6) is 0 Å². The standard InChI is InChI=1S/C11H16Cl2FN3O2S/c1-15-4-3-5-17(2)20(18,19)16-8-6-9(12)11(14)10(13)7-8/h6-7,15-16H,3-5H2,1-2H3. The molecule has 0 bridgehead atoms. The van der Waals surface area contributed by atoms with Crippen LogP contribution < -0.4 is 10.0 Å². The van der Waals surface area contributed by atoms with Crippen LogP contribution in [0.1, 0.15) is 6.42 Å². The van der Waals surface area contributed by atoms with E-state index >= 15 is 0 Å². The van der Waals surface area contributed by atoms with E-state index < -0.39 is 16.0 Å². The Labute approximate surface area is 128 Å². The van der Waals surface area contributed by atoms with Crippen molar-refractivity contribution < 1.29 is 12.8 Å². The molecule has 2 N–H and O–H groups in total. The molecule has 0 aliphatic rings. The zero-order valence-electron chi connectivity index (χ0n) is 11.1. The van der Waals surface area contributed by atoms with Crippen LogP contribution in [0.25, 0.3) is 0 Å². The fraction of sp³-hybridized carbons (Fsp3) is 0.455. The Hall–Kier alpha value is -0.600. The highest BCUT2D eigenvalue weighted by Crippen LogP contribution is 2.28. The molecule has 0 unspecified atom stereocenters. The summed E-state index contributed by atoms with van der Waals surface area (Å²) in [5, 5.41) is 2.44. The molecule has 0 radical (unpaired) electrons. The number of halogens is 3. The van der Waals surface area contributed by atoms with Crippen molar-refractivity contribution in [2.75, 3.05) is 31.9 Å². The molecular weight excluding hydrogens is 328 g/mol. The Bertz CT molecular complexity index is 546. The molecule has 0 aliphatic carbocycles. The van der Waals surface area contributed by atoms with Crippen LogP contribution >= 0.6 is 23.2 Å². The van der Waals surface area contributed by atoms with Crippen molar-refractivity contribution in [2.24, 2.45) is 0 Å². The summed E-state index contributed by atoms with van der Waals surface area (Å²) in [6.45, 7) is 1.05. The van der Waals surface area contributed by atoms with Crippen LogP contribution in [-0.2, 0) is 10.2 Å². The molecule has 0 fully saturated rings. The summed E-state index contributed by atoms with van der Waals surface area (Å²) >= 11 is 11.2. The summed E-state index contributed by atoms with van der Waals surface area (Å²) < 4.78 is 40.7. The zero-order valence-corrected chi connectivity index (χ0v) is 13.4. The largest absolute Gasteiger partial charge is 0.320 e. The average molecular weight is 344 g/mol. The van der Waals surface area contributed by atoms with E-state index in [4.69, 9.17) is 23.2 Å². The lowest BCUT2D eigenvalue weighted by molar-refractivity contribution is 0.462. The molecule has 114 valence electrons. The lowest BCUT2D eigenvalue weighted by Crippen LogP contribution is -2.34. The zero-order chi connectivity index (χ0) is 15.3. The van der Waals surface area contributed by atoms with Gasteiger partial charge in [-0.3, -0.25) is 4.72 Å². The molecule has 0 saturated carbocycles. The van der Waals surface area contributed by atoms with Gasteiger partial charge in [0.15, 0.2) is 5.82 Å². The monoisotopic (exact) mass is 343 g/mol. The van der Waals surface area contributed by atoms with Crippen LogP contribution in [0.3, 0.4) is 0 Å². The molecule has 0 amide bonds. The highest BCUT2D eigenvalue weighted by molar-refractivity contribution is 7.90. The summed E-state index contributed by atoms with van der Waals surface area (Å²) in [4.78, 5) is 0. The molecule has 1 rings (SSSR count). The Morgan fingerprint density at radius 2 is 1.85 bits per heavy atom. The highest BCUT2D eigenvalue weighted by atomic mass is 35.5. The van der Waals surface area contributed by atoms with Crippen LogP contribution in [0.15, 0.2) is 12.1 Å². The minimum atomic E-state index is -3.72. The molecule has 0 aromatic heterocycles. The first-order chi connectivity index (χ1) is 9.27.